The average Bonchev–Trinajstić information content (AvgIpc) is 2.76. The monoisotopic (exact) mass is 351 g/mol. The zero-order chi connectivity index (χ0) is 18.6. The summed E-state index contributed by atoms with van der Waals surface area (Å²) in [5.74, 6) is -0.612. The molecule has 1 aromatic heterocycles. The Morgan fingerprint density at radius 2 is 2.00 bits per heavy atom. The quantitative estimate of drug-likeness (QED) is 0.853. The molecule has 1 aromatic rings. The van der Waals surface area contributed by atoms with E-state index in [-0.39, 0.29) is 30.8 Å². The Kier molecular flexibility index (Phi) is 6.17. The number of carbonyl (C=O) groups excluding carboxylic acids is 2. The van der Waals surface area contributed by atoms with Crippen LogP contribution < -0.4 is 0 Å². The molecule has 8 heteroatoms. The van der Waals surface area contributed by atoms with Crippen LogP contribution in [0.15, 0.2) is 4.52 Å². The SMILES string of the molecule is CC(=O)N(CC(=O)O)C1CCCN(C(=O)Cc2c(C)noc2C)CC1. The van der Waals surface area contributed by atoms with Gasteiger partial charge < -0.3 is 19.4 Å². The van der Waals surface area contributed by atoms with Crippen molar-refractivity contribution in [2.75, 3.05) is 19.6 Å². The van der Waals surface area contributed by atoms with Gasteiger partial charge >= 0.3 is 5.97 Å². The molecule has 2 amide bonds. The number of amides is 2. The van der Waals surface area contributed by atoms with E-state index < -0.39 is 5.97 Å². The number of aryl methyl sites for hydroxylation is 2. The molecule has 1 atom stereocenters. The van der Waals surface area contributed by atoms with E-state index in [9.17, 15) is 14.4 Å². The van der Waals surface area contributed by atoms with Crippen molar-refractivity contribution in [1.29, 1.82) is 0 Å². The van der Waals surface area contributed by atoms with E-state index in [0.717, 1.165) is 17.7 Å². The zero-order valence-electron chi connectivity index (χ0n) is 14.9. The second-order valence-electron chi connectivity index (χ2n) is 6.49. The van der Waals surface area contributed by atoms with Crippen LogP contribution in [0.2, 0.25) is 0 Å². The summed E-state index contributed by atoms with van der Waals surface area (Å²) in [7, 11) is 0. The molecule has 0 radical (unpaired) electrons. The van der Waals surface area contributed by atoms with Gasteiger partial charge in [-0.2, -0.15) is 0 Å². The van der Waals surface area contributed by atoms with E-state index in [1.807, 2.05) is 6.92 Å². The van der Waals surface area contributed by atoms with E-state index >= 15 is 0 Å². The number of nitrogens with zero attached hydrogens (tertiary/aromatic N) is 3. The molecule has 0 spiro atoms. The summed E-state index contributed by atoms with van der Waals surface area (Å²) in [6, 6.07) is -0.148. The maximum absolute atomic E-state index is 12.6. The lowest BCUT2D eigenvalue weighted by Crippen LogP contribution is -2.43. The normalized spacial score (nSPS) is 17.9. The Labute approximate surface area is 146 Å². The van der Waals surface area contributed by atoms with Crippen LogP contribution in [-0.4, -0.2) is 63.5 Å². The molecule has 0 aromatic carbocycles. The predicted octanol–water partition coefficient (Wildman–Crippen LogP) is 1.15. The maximum atomic E-state index is 12.6. The van der Waals surface area contributed by atoms with E-state index in [2.05, 4.69) is 5.16 Å². The smallest absolute Gasteiger partial charge is 0.323 e. The van der Waals surface area contributed by atoms with Crippen molar-refractivity contribution in [1.82, 2.24) is 15.0 Å². The lowest BCUT2D eigenvalue weighted by atomic mass is 10.1. The summed E-state index contributed by atoms with van der Waals surface area (Å²) in [5, 5.41) is 12.9. The first-order valence-corrected chi connectivity index (χ1v) is 8.48. The predicted molar refractivity (Wildman–Crippen MR) is 88.9 cm³/mol. The summed E-state index contributed by atoms with van der Waals surface area (Å²) in [6.45, 7) is 5.81. The van der Waals surface area contributed by atoms with E-state index in [0.29, 0.717) is 31.7 Å². The first kappa shape index (κ1) is 19.0. The highest BCUT2D eigenvalue weighted by molar-refractivity contribution is 5.80. The molecule has 1 unspecified atom stereocenters. The summed E-state index contributed by atoms with van der Waals surface area (Å²) in [5.41, 5.74) is 1.55. The average molecular weight is 351 g/mol. The van der Waals surface area contributed by atoms with Gasteiger partial charge in [0.2, 0.25) is 11.8 Å². The van der Waals surface area contributed by atoms with Crippen molar-refractivity contribution in [3.05, 3.63) is 17.0 Å². The number of rotatable bonds is 5. The summed E-state index contributed by atoms with van der Waals surface area (Å²) in [4.78, 5) is 38.5. The molecule has 25 heavy (non-hydrogen) atoms. The Morgan fingerprint density at radius 3 is 2.56 bits per heavy atom. The molecule has 1 aliphatic heterocycles. The second kappa shape index (κ2) is 8.13. The Hall–Kier alpha value is -2.38. The molecular weight excluding hydrogens is 326 g/mol. The van der Waals surface area contributed by atoms with Gasteiger partial charge in [0, 0.05) is 31.6 Å². The van der Waals surface area contributed by atoms with Crippen LogP contribution >= 0.6 is 0 Å². The van der Waals surface area contributed by atoms with E-state index in [1.54, 1.807) is 11.8 Å². The highest BCUT2D eigenvalue weighted by atomic mass is 16.5. The molecule has 1 saturated heterocycles. The molecule has 1 aliphatic rings. The fourth-order valence-electron chi connectivity index (χ4n) is 3.30. The van der Waals surface area contributed by atoms with Crippen LogP contribution in [0.3, 0.4) is 0 Å². The van der Waals surface area contributed by atoms with E-state index in [4.69, 9.17) is 9.63 Å². The molecule has 2 heterocycles. The maximum Gasteiger partial charge on any atom is 0.323 e. The molecule has 1 fully saturated rings. The Morgan fingerprint density at radius 1 is 1.28 bits per heavy atom. The highest BCUT2D eigenvalue weighted by Crippen LogP contribution is 2.19. The second-order valence-corrected chi connectivity index (χ2v) is 6.49. The van der Waals surface area contributed by atoms with Gasteiger partial charge in [0.15, 0.2) is 0 Å². The molecule has 0 aliphatic carbocycles. The van der Waals surface area contributed by atoms with Crippen LogP contribution in [0.25, 0.3) is 0 Å². The first-order valence-electron chi connectivity index (χ1n) is 8.48. The number of carbonyl (C=O) groups is 3. The summed E-state index contributed by atoms with van der Waals surface area (Å²) in [6.07, 6.45) is 2.26. The summed E-state index contributed by atoms with van der Waals surface area (Å²) >= 11 is 0. The van der Waals surface area contributed by atoms with Gasteiger partial charge in [-0.25, -0.2) is 0 Å². The number of carboxylic acid groups (broad SMARTS) is 1. The lowest BCUT2D eigenvalue weighted by Gasteiger charge is -2.28. The molecular formula is C17H25N3O5. The van der Waals surface area contributed by atoms with Crippen molar-refractivity contribution in [2.45, 2.75) is 52.5 Å². The largest absolute Gasteiger partial charge is 0.480 e. The van der Waals surface area contributed by atoms with Gasteiger partial charge in [0.05, 0.1) is 12.1 Å². The van der Waals surface area contributed by atoms with Crippen molar-refractivity contribution < 1.29 is 24.0 Å². The lowest BCUT2D eigenvalue weighted by molar-refractivity contribution is -0.145. The third-order valence-electron chi connectivity index (χ3n) is 4.71. The minimum atomic E-state index is -1.02. The molecule has 138 valence electrons. The fraction of sp³-hybridized carbons (Fsp3) is 0.647. The third kappa shape index (κ3) is 4.80. The van der Waals surface area contributed by atoms with Crippen LogP contribution in [0.1, 0.15) is 43.2 Å². The Balaban J connectivity index is 1.99. The number of likely N-dealkylation sites (tertiary alicyclic amines) is 1. The van der Waals surface area contributed by atoms with Gasteiger partial charge in [-0.1, -0.05) is 5.16 Å². The zero-order valence-corrected chi connectivity index (χ0v) is 14.9. The number of carboxylic acids is 1. The molecule has 1 N–H and O–H groups in total. The van der Waals surface area contributed by atoms with Crippen LogP contribution in [0.4, 0.5) is 0 Å². The minimum Gasteiger partial charge on any atom is -0.480 e. The standard InChI is InChI=1S/C17H25N3O5/c1-11-15(12(2)25-18-11)9-16(22)19-7-4-5-14(6-8-19)20(13(3)21)10-17(23)24/h14H,4-10H2,1-3H3,(H,23,24). The van der Waals surface area contributed by atoms with E-state index in [1.165, 1.54) is 11.8 Å². The van der Waals surface area contributed by atoms with Crippen LogP contribution in [0.5, 0.6) is 0 Å². The number of hydrogen-bond acceptors (Lipinski definition) is 5. The minimum absolute atomic E-state index is 0.00246. The van der Waals surface area contributed by atoms with Gasteiger partial charge in [-0.15, -0.1) is 0 Å². The molecule has 8 nitrogen and oxygen atoms in total. The van der Waals surface area contributed by atoms with Crippen molar-refractivity contribution in [2.24, 2.45) is 0 Å². The van der Waals surface area contributed by atoms with Crippen molar-refractivity contribution in [3.63, 3.8) is 0 Å². The van der Waals surface area contributed by atoms with Crippen molar-refractivity contribution >= 4 is 17.8 Å². The number of hydrogen-bond donors (Lipinski definition) is 1. The molecule has 0 saturated carbocycles. The fourth-order valence-corrected chi connectivity index (χ4v) is 3.30. The number of aliphatic carboxylic acids is 1. The van der Waals surface area contributed by atoms with Crippen LogP contribution in [-0.2, 0) is 20.8 Å². The van der Waals surface area contributed by atoms with Crippen LogP contribution in [0, 0.1) is 13.8 Å². The first-order chi connectivity index (χ1) is 11.8. The van der Waals surface area contributed by atoms with Gasteiger partial charge in [-0.3, -0.25) is 14.4 Å². The third-order valence-corrected chi connectivity index (χ3v) is 4.71. The van der Waals surface area contributed by atoms with Gasteiger partial charge in [0.1, 0.15) is 12.3 Å². The highest BCUT2D eigenvalue weighted by Gasteiger charge is 2.28. The van der Waals surface area contributed by atoms with Gasteiger partial charge in [0.25, 0.3) is 0 Å². The summed E-state index contributed by atoms with van der Waals surface area (Å²) < 4.78 is 5.10. The molecule has 0 bridgehead atoms. The number of aromatic nitrogens is 1. The molecule has 2 rings (SSSR count). The van der Waals surface area contributed by atoms with Gasteiger partial charge in [-0.05, 0) is 33.1 Å². The van der Waals surface area contributed by atoms with Crippen molar-refractivity contribution in [3.8, 4) is 0 Å². The Bertz CT molecular complexity index is 635. The topological polar surface area (TPSA) is 104 Å².